The maximum Gasteiger partial charge on any atom is 0.203 e. The standard InChI is InChI=1S/C18H26N2O3/c1-20(2)14-8-6-7-11-12-9-15(21-3)18(23-5)17(22-4)13(12)10-19-16(11)14/h6,8-9,11,14,16,19H,7,10H2,1-5H3/t11-,14-,16?/m0/s1. The molecule has 1 heterocycles. The first-order valence-corrected chi connectivity index (χ1v) is 8.00. The lowest BCUT2D eigenvalue weighted by molar-refractivity contribution is 0.223. The molecule has 1 unspecified atom stereocenters. The van der Waals surface area contributed by atoms with Gasteiger partial charge >= 0.3 is 0 Å². The number of ether oxygens (including phenoxy) is 3. The maximum absolute atomic E-state index is 5.66. The minimum atomic E-state index is 0.390. The van der Waals surface area contributed by atoms with Crippen LogP contribution in [-0.2, 0) is 6.54 Å². The summed E-state index contributed by atoms with van der Waals surface area (Å²) in [5.74, 6) is 2.60. The Morgan fingerprint density at radius 3 is 2.43 bits per heavy atom. The summed E-state index contributed by atoms with van der Waals surface area (Å²) in [5, 5.41) is 3.70. The molecule has 2 aliphatic rings. The van der Waals surface area contributed by atoms with Crippen molar-refractivity contribution in [1.82, 2.24) is 10.2 Å². The van der Waals surface area contributed by atoms with E-state index in [1.54, 1.807) is 21.3 Å². The van der Waals surface area contributed by atoms with Crippen molar-refractivity contribution in [3.05, 3.63) is 29.3 Å². The number of hydrogen-bond donors (Lipinski definition) is 1. The second kappa shape index (κ2) is 6.42. The number of likely N-dealkylation sites (N-methyl/N-ethyl adjacent to an activating group) is 1. The van der Waals surface area contributed by atoms with Gasteiger partial charge in [-0.3, -0.25) is 0 Å². The van der Waals surface area contributed by atoms with Gasteiger partial charge in [0.1, 0.15) is 0 Å². The Balaban J connectivity index is 2.11. The van der Waals surface area contributed by atoms with E-state index >= 15 is 0 Å². The normalized spacial score (nSPS) is 25.7. The fraction of sp³-hybridized carbons (Fsp3) is 0.556. The molecular formula is C18H26N2O3. The van der Waals surface area contributed by atoms with Crippen molar-refractivity contribution in [1.29, 1.82) is 0 Å². The van der Waals surface area contributed by atoms with Crippen molar-refractivity contribution < 1.29 is 14.2 Å². The van der Waals surface area contributed by atoms with Crippen LogP contribution < -0.4 is 19.5 Å². The average molecular weight is 318 g/mol. The van der Waals surface area contributed by atoms with Crippen LogP contribution in [-0.4, -0.2) is 52.4 Å². The van der Waals surface area contributed by atoms with Gasteiger partial charge in [0.2, 0.25) is 5.75 Å². The zero-order valence-corrected chi connectivity index (χ0v) is 14.6. The smallest absolute Gasteiger partial charge is 0.203 e. The van der Waals surface area contributed by atoms with Crippen LogP contribution >= 0.6 is 0 Å². The van der Waals surface area contributed by atoms with Gasteiger partial charge in [0, 0.05) is 30.1 Å². The molecule has 1 aromatic rings. The molecule has 1 N–H and O–H groups in total. The van der Waals surface area contributed by atoms with Gasteiger partial charge in [0.05, 0.1) is 21.3 Å². The molecule has 5 heteroatoms. The van der Waals surface area contributed by atoms with E-state index < -0.39 is 0 Å². The van der Waals surface area contributed by atoms with E-state index in [2.05, 4.69) is 42.5 Å². The van der Waals surface area contributed by atoms with Crippen LogP contribution in [0.15, 0.2) is 18.2 Å². The highest BCUT2D eigenvalue weighted by molar-refractivity contribution is 5.61. The van der Waals surface area contributed by atoms with Crippen molar-refractivity contribution in [2.45, 2.75) is 31.0 Å². The van der Waals surface area contributed by atoms with E-state index in [9.17, 15) is 0 Å². The molecule has 0 radical (unpaired) electrons. The molecule has 0 amide bonds. The Morgan fingerprint density at radius 1 is 1.09 bits per heavy atom. The number of hydrogen-bond acceptors (Lipinski definition) is 5. The molecule has 0 bridgehead atoms. The summed E-state index contributed by atoms with van der Waals surface area (Å²) in [6, 6.07) is 2.91. The molecule has 3 rings (SSSR count). The Labute approximate surface area is 138 Å². The second-order valence-corrected chi connectivity index (χ2v) is 6.34. The number of rotatable bonds is 4. The summed E-state index contributed by atoms with van der Waals surface area (Å²) < 4.78 is 16.7. The molecule has 126 valence electrons. The van der Waals surface area contributed by atoms with Crippen molar-refractivity contribution in [2.24, 2.45) is 0 Å². The zero-order valence-electron chi connectivity index (χ0n) is 14.6. The van der Waals surface area contributed by atoms with E-state index in [0.717, 1.165) is 24.5 Å². The average Bonchev–Trinajstić information content (AvgIpc) is 2.58. The van der Waals surface area contributed by atoms with Gasteiger partial charge in [0.25, 0.3) is 0 Å². The summed E-state index contributed by atoms with van der Waals surface area (Å²) in [4.78, 5) is 2.27. The van der Waals surface area contributed by atoms with Gasteiger partial charge in [-0.25, -0.2) is 0 Å². The Morgan fingerprint density at radius 2 is 1.83 bits per heavy atom. The summed E-state index contributed by atoms with van der Waals surface area (Å²) in [6.45, 7) is 0.776. The van der Waals surface area contributed by atoms with Crippen molar-refractivity contribution in [3.8, 4) is 17.2 Å². The van der Waals surface area contributed by atoms with Crippen LogP contribution in [0.2, 0.25) is 0 Å². The number of allylic oxidation sites excluding steroid dienone is 1. The van der Waals surface area contributed by atoms with Crippen molar-refractivity contribution in [2.75, 3.05) is 35.4 Å². The van der Waals surface area contributed by atoms with Gasteiger partial charge in [-0.1, -0.05) is 12.2 Å². The molecule has 0 aromatic heterocycles. The van der Waals surface area contributed by atoms with E-state index in [0.29, 0.717) is 23.8 Å². The highest BCUT2D eigenvalue weighted by Gasteiger charge is 2.38. The lowest BCUT2D eigenvalue weighted by atomic mass is 9.76. The monoisotopic (exact) mass is 318 g/mol. The predicted octanol–water partition coefficient (Wildman–Crippen LogP) is 2.16. The van der Waals surface area contributed by atoms with Gasteiger partial charge in [-0.05, 0) is 32.1 Å². The molecule has 0 fully saturated rings. The van der Waals surface area contributed by atoms with Crippen molar-refractivity contribution >= 4 is 0 Å². The predicted molar refractivity (Wildman–Crippen MR) is 90.7 cm³/mol. The lowest BCUT2D eigenvalue weighted by Gasteiger charge is -2.43. The van der Waals surface area contributed by atoms with Crippen LogP contribution in [0.1, 0.15) is 23.5 Å². The Kier molecular flexibility index (Phi) is 4.50. The lowest BCUT2D eigenvalue weighted by Crippen LogP contribution is -2.53. The third-order valence-electron chi connectivity index (χ3n) is 5.00. The number of methoxy groups -OCH3 is 3. The minimum absolute atomic E-state index is 0.390. The molecule has 0 spiro atoms. The molecular weight excluding hydrogens is 292 g/mol. The summed E-state index contributed by atoms with van der Waals surface area (Å²) in [6.07, 6.45) is 5.61. The minimum Gasteiger partial charge on any atom is -0.493 e. The van der Waals surface area contributed by atoms with Crippen LogP contribution in [0.4, 0.5) is 0 Å². The number of fused-ring (bicyclic) bond motifs is 3. The van der Waals surface area contributed by atoms with E-state index in [-0.39, 0.29) is 0 Å². The highest BCUT2D eigenvalue weighted by atomic mass is 16.5. The van der Waals surface area contributed by atoms with Crippen LogP contribution in [0.3, 0.4) is 0 Å². The van der Waals surface area contributed by atoms with Gasteiger partial charge in [-0.2, -0.15) is 0 Å². The molecule has 1 aliphatic heterocycles. The molecule has 0 saturated carbocycles. The van der Waals surface area contributed by atoms with Crippen LogP contribution in [0.25, 0.3) is 0 Å². The molecule has 0 saturated heterocycles. The molecule has 1 aromatic carbocycles. The van der Waals surface area contributed by atoms with E-state index in [1.165, 1.54) is 11.1 Å². The number of nitrogens with zero attached hydrogens (tertiary/aromatic N) is 1. The zero-order chi connectivity index (χ0) is 16.6. The second-order valence-electron chi connectivity index (χ2n) is 6.34. The van der Waals surface area contributed by atoms with Gasteiger partial charge in [0.15, 0.2) is 11.5 Å². The van der Waals surface area contributed by atoms with Gasteiger partial charge < -0.3 is 24.4 Å². The summed E-state index contributed by atoms with van der Waals surface area (Å²) in [5.41, 5.74) is 2.48. The topological polar surface area (TPSA) is 43.0 Å². The first kappa shape index (κ1) is 16.1. The SMILES string of the molecule is COc1cc2c(c(OC)c1OC)CNC1[C@H]2CC=C[C@@H]1N(C)C. The van der Waals surface area contributed by atoms with Crippen LogP contribution in [0, 0.1) is 0 Å². The first-order valence-electron chi connectivity index (χ1n) is 8.00. The third kappa shape index (κ3) is 2.58. The fourth-order valence-corrected chi connectivity index (χ4v) is 3.91. The Bertz CT molecular complexity index is 613. The van der Waals surface area contributed by atoms with E-state index in [1.807, 2.05) is 0 Å². The number of nitrogens with one attached hydrogen (secondary N) is 1. The molecule has 1 aliphatic carbocycles. The number of benzene rings is 1. The molecule has 5 nitrogen and oxygen atoms in total. The fourth-order valence-electron chi connectivity index (χ4n) is 3.91. The van der Waals surface area contributed by atoms with Gasteiger partial charge in [-0.15, -0.1) is 0 Å². The van der Waals surface area contributed by atoms with E-state index in [4.69, 9.17) is 14.2 Å². The Hall–Kier alpha value is -1.72. The molecule has 23 heavy (non-hydrogen) atoms. The summed E-state index contributed by atoms with van der Waals surface area (Å²) >= 11 is 0. The van der Waals surface area contributed by atoms with Crippen LogP contribution in [0.5, 0.6) is 17.2 Å². The highest BCUT2D eigenvalue weighted by Crippen LogP contribution is 2.48. The van der Waals surface area contributed by atoms with Crippen molar-refractivity contribution in [3.63, 3.8) is 0 Å². The molecule has 3 atom stereocenters. The largest absolute Gasteiger partial charge is 0.493 e. The quantitative estimate of drug-likeness (QED) is 0.862. The summed E-state index contributed by atoms with van der Waals surface area (Å²) in [7, 11) is 9.27. The maximum atomic E-state index is 5.66. The first-order chi connectivity index (χ1) is 11.1. The third-order valence-corrected chi connectivity index (χ3v) is 5.00.